The molecule has 1 saturated carbocycles. The van der Waals surface area contributed by atoms with Crippen LogP contribution in [0.15, 0.2) is 18.3 Å². The van der Waals surface area contributed by atoms with Crippen molar-refractivity contribution in [2.75, 3.05) is 11.9 Å². The van der Waals surface area contributed by atoms with Gasteiger partial charge in [0.25, 0.3) is 0 Å². The van der Waals surface area contributed by atoms with Gasteiger partial charge in [0, 0.05) is 25.3 Å². The Morgan fingerprint density at radius 1 is 1.32 bits per heavy atom. The van der Waals surface area contributed by atoms with Crippen LogP contribution in [0, 0.1) is 5.92 Å². The lowest BCUT2D eigenvalue weighted by atomic mass is 9.84. The van der Waals surface area contributed by atoms with E-state index in [1.54, 1.807) is 0 Å². The summed E-state index contributed by atoms with van der Waals surface area (Å²) in [6, 6.07) is 4.91. The van der Waals surface area contributed by atoms with E-state index in [-0.39, 0.29) is 6.04 Å². The monoisotopic (exact) mass is 261 g/mol. The zero-order valence-electron chi connectivity index (χ0n) is 12.5. The van der Waals surface area contributed by atoms with Crippen LogP contribution >= 0.6 is 0 Å². The number of nitrogens with zero attached hydrogens (tertiary/aromatic N) is 2. The summed E-state index contributed by atoms with van der Waals surface area (Å²) in [5, 5.41) is 0. The minimum atomic E-state index is 0.0619. The highest BCUT2D eigenvalue weighted by molar-refractivity contribution is 5.40. The van der Waals surface area contributed by atoms with Crippen LogP contribution in [-0.4, -0.2) is 18.1 Å². The lowest BCUT2D eigenvalue weighted by Crippen LogP contribution is -2.35. The Labute approximate surface area is 117 Å². The van der Waals surface area contributed by atoms with Crippen LogP contribution < -0.4 is 10.6 Å². The Kier molecular flexibility index (Phi) is 4.81. The molecule has 3 heteroatoms. The van der Waals surface area contributed by atoms with Crippen LogP contribution in [0.25, 0.3) is 0 Å². The maximum Gasteiger partial charge on any atom is 0.128 e. The van der Waals surface area contributed by atoms with Gasteiger partial charge in [-0.1, -0.05) is 19.4 Å². The summed E-state index contributed by atoms with van der Waals surface area (Å²) in [5.74, 6) is 2.02. The molecule has 106 valence electrons. The lowest BCUT2D eigenvalue weighted by Gasteiger charge is -2.35. The smallest absolute Gasteiger partial charge is 0.128 e. The standard InChI is InChI=1S/C16H27N3/c1-4-13-5-8-15(9-6-13)19(3)16-10-7-14(11-18-16)12(2)17/h7,10-13,15H,4-6,8-9,17H2,1-3H3/t12-,13?,15?/m0/s1. The summed E-state index contributed by atoms with van der Waals surface area (Å²) >= 11 is 0. The van der Waals surface area contributed by atoms with Gasteiger partial charge in [-0.15, -0.1) is 0 Å². The predicted octanol–water partition coefficient (Wildman–Crippen LogP) is 3.51. The van der Waals surface area contributed by atoms with Crippen LogP contribution in [0.5, 0.6) is 0 Å². The molecule has 2 rings (SSSR count). The van der Waals surface area contributed by atoms with Gasteiger partial charge in [-0.2, -0.15) is 0 Å². The van der Waals surface area contributed by atoms with E-state index < -0.39 is 0 Å². The number of pyridine rings is 1. The van der Waals surface area contributed by atoms with Gasteiger partial charge < -0.3 is 10.6 Å². The van der Waals surface area contributed by atoms with E-state index in [2.05, 4.69) is 36.0 Å². The number of hydrogen-bond donors (Lipinski definition) is 1. The Morgan fingerprint density at radius 3 is 2.47 bits per heavy atom. The Hall–Kier alpha value is -1.09. The number of hydrogen-bond acceptors (Lipinski definition) is 3. The summed E-state index contributed by atoms with van der Waals surface area (Å²) in [7, 11) is 2.17. The van der Waals surface area contributed by atoms with Gasteiger partial charge in [0.2, 0.25) is 0 Å². The first-order valence-electron chi connectivity index (χ1n) is 7.56. The molecular weight excluding hydrogens is 234 g/mol. The van der Waals surface area contributed by atoms with Crippen molar-refractivity contribution in [2.24, 2.45) is 11.7 Å². The molecular formula is C16H27N3. The Bertz CT molecular complexity index is 377. The molecule has 3 nitrogen and oxygen atoms in total. The summed E-state index contributed by atoms with van der Waals surface area (Å²) in [5.41, 5.74) is 6.96. The molecule has 1 aromatic heterocycles. The number of anilines is 1. The summed E-state index contributed by atoms with van der Waals surface area (Å²) in [4.78, 5) is 6.90. The van der Waals surface area contributed by atoms with Gasteiger partial charge >= 0.3 is 0 Å². The van der Waals surface area contributed by atoms with Crippen LogP contribution in [0.3, 0.4) is 0 Å². The molecule has 0 unspecified atom stereocenters. The van der Waals surface area contributed by atoms with E-state index in [1.807, 2.05) is 13.1 Å². The second-order valence-corrected chi connectivity index (χ2v) is 5.93. The van der Waals surface area contributed by atoms with Crippen molar-refractivity contribution in [2.45, 2.75) is 58.0 Å². The van der Waals surface area contributed by atoms with Crippen molar-refractivity contribution in [1.29, 1.82) is 0 Å². The molecule has 0 spiro atoms. The summed E-state index contributed by atoms with van der Waals surface area (Å²) in [6.45, 7) is 4.30. The average molecular weight is 261 g/mol. The second kappa shape index (κ2) is 6.38. The third-order valence-corrected chi connectivity index (χ3v) is 4.60. The fraction of sp³-hybridized carbons (Fsp3) is 0.688. The minimum Gasteiger partial charge on any atom is -0.357 e. The Balaban J connectivity index is 1.97. The second-order valence-electron chi connectivity index (χ2n) is 5.93. The number of nitrogens with two attached hydrogens (primary N) is 1. The number of aromatic nitrogens is 1. The largest absolute Gasteiger partial charge is 0.357 e. The molecule has 2 N–H and O–H groups in total. The van der Waals surface area contributed by atoms with Crippen molar-refractivity contribution in [3.05, 3.63) is 23.9 Å². The molecule has 1 atom stereocenters. The first-order chi connectivity index (χ1) is 9.11. The van der Waals surface area contributed by atoms with Gasteiger partial charge in [0.1, 0.15) is 5.82 Å². The normalized spacial score (nSPS) is 25.1. The van der Waals surface area contributed by atoms with Gasteiger partial charge in [0.05, 0.1) is 0 Å². The highest BCUT2D eigenvalue weighted by atomic mass is 15.2. The predicted molar refractivity (Wildman–Crippen MR) is 81.3 cm³/mol. The van der Waals surface area contributed by atoms with Gasteiger partial charge in [-0.05, 0) is 50.2 Å². The van der Waals surface area contributed by atoms with Gasteiger partial charge in [-0.25, -0.2) is 4.98 Å². The van der Waals surface area contributed by atoms with Crippen molar-refractivity contribution < 1.29 is 0 Å². The molecule has 0 bridgehead atoms. The SMILES string of the molecule is CCC1CCC(N(C)c2ccc([C@H](C)N)cn2)CC1. The fourth-order valence-corrected chi connectivity index (χ4v) is 3.00. The molecule has 0 saturated heterocycles. The van der Waals surface area contributed by atoms with Crippen LogP contribution in [-0.2, 0) is 0 Å². The van der Waals surface area contributed by atoms with Crippen molar-refractivity contribution >= 4 is 5.82 Å². The fourth-order valence-electron chi connectivity index (χ4n) is 3.00. The number of rotatable bonds is 4. The highest BCUT2D eigenvalue weighted by Crippen LogP contribution is 2.30. The zero-order valence-corrected chi connectivity index (χ0v) is 12.5. The maximum absolute atomic E-state index is 5.86. The van der Waals surface area contributed by atoms with E-state index >= 15 is 0 Å². The highest BCUT2D eigenvalue weighted by Gasteiger charge is 2.23. The maximum atomic E-state index is 5.86. The van der Waals surface area contributed by atoms with E-state index in [4.69, 9.17) is 5.73 Å². The molecule has 0 amide bonds. The third-order valence-electron chi connectivity index (χ3n) is 4.60. The third kappa shape index (κ3) is 3.47. The van der Waals surface area contributed by atoms with Crippen molar-refractivity contribution in [3.8, 4) is 0 Å². The van der Waals surface area contributed by atoms with Crippen molar-refractivity contribution in [3.63, 3.8) is 0 Å². The van der Waals surface area contributed by atoms with E-state index in [0.29, 0.717) is 6.04 Å². The lowest BCUT2D eigenvalue weighted by molar-refractivity contribution is 0.313. The molecule has 1 heterocycles. The topological polar surface area (TPSA) is 42.1 Å². The molecule has 1 aromatic rings. The molecule has 19 heavy (non-hydrogen) atoms. The van der Waals surface area contributed by atoms with Crippen LogP contribution in [0.1, 0.15) is 57.6 Å². The van der Waals surface area contributed by atoms with E-state index in [1.165, 1.54) is 32.1 Å². The quantitative estimate of drug-likeness (QED) is 0.902. The van der Waals surface area contributed by atoms with E-state index in [9.17, 15) is 0 Å². The minimum absolute atomic E-state index is 0.0619. The van der Waals surface area contributed by atoms with Crippen LogP contribution in [0.2, 0.25) is 0 Å². The van der Waals surface area contributed by atoms with E-state index in [0.717, 1.165) is 17.3 Å². The van der Waals surface area contributed by atoms with Gasteiger partial charge in [-0.3, -0.25) is 0 Å². The Morgan fingerprint density at radius 2 is 2.00 bits per heavy atom. The van der Waals surface area contributed by atoms with Crippen molar-refractivity contribution in [1.82, 2.24) is 4.98 Å². The van der Waals surface area contributed by atoms with Gasteiger partial charge in [0.15, 0.2) is 0 Å². The summed E-state index contributed by atoms with van der Waals surface area (Å²) < 4.78 is 0. The zero-order chi connectivity index (χ0) is 13.8. The summed E-state index contributed by atoms with van der Waals surface area (Å²) in [6.07, 6.45) is 8.57. The molecule has 0 aliphatic heterocycles. The molecule has 0 aromatic carbocycles. The molecule has 1 fully saturated rings. The molecule has 1 aliphatic carbocycles. The average Bonchev–Trinajstić information content (AvgIpc) is 2.46. The molecule has 1 aliphatic rings. The first-order valence-corrected chi connectivity index (χ1v) is 7.56. The first kappa shape index (κ1) is 14.3. The molecule has 0 radical (unpaired) electrons. The van der Waals surface area contributed by atoms with Crippen LogP contribution in [0.4, 0.5) is 5.82 Å².